The molecule has 73 heavy (non-hydrogen) atoms. The number of aryl methyl sites for hydroxylation is 8. The van der Waals surface area contributed by atoms with Crippen molar-refractivity contribution >= 4 is 101 Å². The van der Waals surface area contributed by atoms with Crippen LogP contribution in [0.25, 0.3) is 55.7 Å². The minimum absolute atomic E-state index is 0.519. The highest BCUT2D eigenvalue weighted by Gasteiger charge is 2.21. The van der Waals surface area contributed by atoms with E-state index in [0.29, 0.717) is 10.5 Å². The Kier molecular flexibility index (Phi) is 17.6. The molecule has 8 aromatic heterocycles. The van der Waals surface area contributed by atoms with E-state index in [1.165, 1.54) is 11.4 Å². The average molecular weight is 1130 g/mol. The van der Waals surface area contributed by atoms with E-state index in [4.69, 9.17) is 31.7 Å². The summed E-state index contributed by atoms with van der Waals surface area (Å²) in [6, 6.07) is 21.6. The summed E-state index contributed by atoms with van der Waals surface area (Å²) in [7, 11) is 4.38. The Morgan fingerprint density at radius 1 is 0.562 bits per heavy atom. The zero-order chi connectivity index (χ0) is 52.8. The summed E-state index contributed by atoms with van der Waals surface area (Å²) in [5, 5.41) is 40.7. The molecule has 380 valence electrons. The van der Waals surface area contributed by atoms with Gasteiger partial charge in [-0.3, -0.25) is 14.0 Å². The van der Waals surface area contributed by atoms with Gasteiger partial charge in [0.25, 0.3) is 0 Å². The van der Waals surface area contributed by atoms with Gasteiger partial charge < -0.3 is 19.8 Å². The standard InChI is InChI=1S/C22H26N6.C12H17BrN4.C10H11BN2O2.C8H7BrClN3/c1-6-27(7-2)19-14-16(4)24-21-20(25-26(5)22(19)21)18-10-9-17(13-15(18)3)28-12-8-11-23-28;1-5-17(6-2)9-7-8(3)14-10-11(9)16(4)15-12(10)13;1-8-7-9(13-6-2-5-12-13)3-4-10(8)11(14)15;1-4-3-5(10)7-6(11-4)8(9)12-13(7)2/h8-14H,6-7H2,1-5H3;7H,5-6H2,1-4H3;2-7,14-15H,1H3;3H,1-2H3. The molecule has 0 aliphatic heterocycles. The first-order chi connectivity index (χ1) is 34.9. The highest BCUT2D eigenvalue weighted by molar-refractivity contribution is 9.10. The maximum Gasteiger partial charge on any atom is 0.488 e. The van der Waals surface area contributed by atoms with Gasteiger partial charge >= 0.3 is 7.12 Å². The normalized spacial score (nSPS) is 11.0. The van der Waals surface area contributed by atoms with Crippen LogP contribution in [0.5, 0.6) is 0 Å². The van der Waals surface area contributed by atoms with E-state index in [0.717, 1.165) is 119 Å². The zero-order valence-electron chi connectivity index (χ0n) is 43.3. The third-order valence-electron chi connectivity index (χ3n) is 12.3. The highest BCUT2D eigenvalue weighted by atomic mass is 79.9. The van der Waals surface area contributed by atoms with Crippen molar-refractivity contribution in [3.05, 3.63) is 134 Å². The monoisotopic (exact) mass is 1130 g/mol. The Morgan fingerprint density at radius 3 is 1.47 bits per heavy atom. The maximum absolute atomic E-state index is 9.06. The van der Waals surface area contributed by atoms with E-state index in [1.807, 2.05) is 92.6 Å². The van der Waals surface area contributed by atoms with E-state index in [1.54, 1.807) is 33.9 Å². The molecule has 0 spiro atoms. The first kappa shape index (κ1) is 54.3. The summed E-state index contributed by atoms with van der Waals surface area (Å²) in [6.07, 6.45) is 7.27. The number of halogens is 3. The quantitative estimate of drug-likeness (QED) is 0.124. The van der Waals surface area contributed by atoms with Crippen molar-refractivity contribution in [3.63, 3.8) is 0 Å². The summed E-state index contributed by atoms with van der Waals surface area (Å²) in [4.78, 5) is 18.4. The Labute approximate surface area is 447 Å². The van der Waals surface area contributed by atoms with Crippen LogP contribution in [-0.2, 0) is 21.1 Å². The van der Waals surface area contributed by atoms with Crippen molar-refractivity contribution in [2.45, 2.75) is 62.3 Å². The zero-order valence-corrected chi connectivity index (χ0v) is 47.2. The number of fused-ring (bicyclic) bond motifs is 3. The largest absolute Gasteiger partial charge is 0.488 e. The molecule has 0 saturated heterocycles. The van der Waals surface area contributed by atoms with Crippen LogP contribution in [0.3, 0.4) is 0 Å². The second kappa shape index (κ2) is 23.6. The predicted octanol–water partition coefficient (Wildman–Crippen LogP) is 9.72. The van der Waals surface area contributed by atoms with Crippen molar-refractivity contribution < 1.29 is 10.0 Å². The number of pyridine rings is 3. The van der Waals surface area contributed by atoms with Crippen molar-refractivity contribution in [3.8, 4) is 22.6 Å². The first-order valence-electron chi connectivity index (χ1n) is 24.0. The van der Waals surface area contributed by atoms with Crippen LogP contribution in [-0.4, -0.2) is 107 Å². The molecule has 2 aromatic carbocycles. The van der Waals surface area contributed by atoms with Crippen LogP contribution in [0.15, 0.2) is 101 Å². The average Bonchev–Trinajstić information content (AvgIpc) is 4.21. The molecule has 0 aliphatic rings. The number of anilines is 2. The van der Waals surface area contributed by atoms with Crippen molar-refractivity contribution in [2.24, 2.45) is 21.1 Å². The number of rotatable bonds is 10. The Hall–Kier alpha value is -6.45. The lowest BCUT2D eigenvalue weighted by Crippen LogP contribution is -2.32. The molecular formula is C52H61BBr2ClN15O2. The van der Waals surface area contributed by atoms with E-state index in [-0.39, 0.29) is 0 Å². The van der Waals surface area contributed by atoms with Gasteiger partial charge in [-0.2, -0.15) is 25.5 Å². The molecule has 8 heterocycles. The number of benzene rings is 2. The third kappa shape index (κ3) is 11.8. The Balaban J connectivity index is 0.000000150. The number of hydrogen-bond donors (Lipinski definition) is 2. The molecular weight excluding hydrogens is 1070 g/mol. The topological polar surface area (TPSA) is 175 Å². The van der Waals surface area contributed by atoms with Gasteiger partial charge in [0.05, 0.1) is 27.8 Å². The molecule has 0 aliphatic carbocycles. The number of nitrogens with zero attached hydrogens (tertiary/aromatic N) is 15. The van der Waals surface area contributed by atoms with Crippen LogP contribution >= 0.6 is 43.5 Å². The summed E-state index contributed by atoms with van der Waals surface area (Å²) in [5.41, 5.74) is 17.5. The van der Waals surface area contributed by atoms with Gasteiger partial charge in [0, 0.05) is 94.8 Å². The number of hydrogen-bond acceptors (Lipinski definition) is 12. The van der Waals surface area contributed by atoms with Gasteiger partial charge in [0.1, 0.15) is 38.8 Å². The minimum Gasteiger partial charge on any atom is -0.423 e. The molecule has 2 N–H and O–H groups in total. The SMILES string of the molecule is CCN(CC)c1cc(C)nc2c(-c3ccc(-n4cccn4)cc3C)nn(C)c12.CCN(CC)c1cc(C)nc2c(Br)nn(C)c12.Cc1cc(-n2cccn2)ccc1B(O)O.Cc1cc(Cl)c2c(n1)c(Br)nn2C. The van der Waals surface area contributed by atoms with Gasteiger partial charge in [-0.1, -0.05) is 23.7 Å². The molecule has 10 aromatic rings. The molecule has 21 heteroatoms. The van der Waals surface area contributed by atoms with Gasteiger partial charge in [-0.05, 0) is 165 Å². The summed E-state index contributed by atoms with van der Waals surface area (Å²) in [5.74, 6) is 0. The fraction of sp³-hybridized carbons (Fsp3) is 0.308. The Bertz CT molecular complexity index is 3490. The van der Waals surface area contributed by atoms with Gasteiger partial charge in [-0.25, -0.2) is 24.3 Å². The Morgan fingerprint density at radius 2 is 1.00 bits per heavy atom. The van der Waals surface area contributed by atoms with Gasteiger partial charge in [0.2, 0.25) is 0 Å². The molecule has 10 rings (SSSR count). The molecule has 0 atom stereocenters. The van der Waals surface area contributed by atoms with Crippen molar-refractivity contribution in [2.75, 3.05) is 36.0 Å². The lowest BCUT2D eigenvalue weighted by Gasteiger charge is -2.22. The number of aromatic nitrogens is 13. The highest BCUT2D eigenvalue weighted by Crippen LogP contribution is 2.35. The maximum atomic E-state index is 9.06. The molecule has 0 bridgehead atoms. The molecule has 0 unspecified atom stereocenters. The van der Waals surface area contributed by atoms with Crippen molar-refractivity contribution in [1.29, 1.82) is 0 Å². The second-order valence-electron chi connectivity index (χ2n) is 17.4. The fourth-order valence-electron chi connectivity index (χ4n) is 8.81. The minimum atomic E-state index is -1.42. The molecule has 0 saturated carbocycles. The second-order valence-corrected chi connectivity index (χ2v) is 19.3. The smallest absolute Gasteiger partial charge is 0.423 e. The van der Waals surface area contributed by atoms with Crippen LogP contribution in [0, 0.1) is 34.6 Å². The molecule has 0 fully saturated rings. The lowest BCUT2D eigenvalue weighted by molar-refractivity contribution is 0.425. The van der Waals surface area contributed by atoms with Crippen LogP contribution < -0.4 is 15.3 Å². The van der Waals surface area contributed by atoms with Crippen LogP contribution in [0.1, 0.15) is 55.9 Å². The fourth-order valence-corrected chi connectivity index (χ4v) is 10.2. The molecule has 17 nitrogen and oxygen atoms in total. The molecule has 0 radical (unpaired) electrons. The summed E-state index contributed by atoms with van der Waals surface area (Å²) >= 11 is 12.9. The van der Waals surface area contributed by atoms with Gasteiger partial charge in [-0.15, -0.1) is 0 Å². The summed E-state index contributed by atoms with van der Waals surface area (Å²) < 4.78 is 10.7. The van der Waals surface area contributed by atoms with E-state index >= 15 is 0 Å². The third-order valence-corrected chi connectivity index (χ3v) is 13.7. The van der Waals surface area contributed by atoms with Crippen molar-refractivity contribution in [1.82, 2.24) is 63.9 Å². The van der Waals surface area contributed by atoms with Gasteiger partial charge in [0.15, 0.2) is 9.21 Å². The van der Waals surface area contributed by atoms with E-state index in [9.17, 15) is 0 Å². The van der Waals surface area contributed by atoms with Crippen LogP contribution in [0.4, 0.5) is 11.4 Å². The predicted molar refractivity (Wildman–Crippen MR) is 303 cm³/mol. The molecule has 0 amide bonds. The first-order valence-corrected chi connectivity index (χ1v) is 25.9. The van der Waals surface area contributed by atoms with Crippen LogP contribution in [0.2, 0.25) is 5.02 Å². The van der Waals surface area contributed by atoms with E-state index < -0.39 is 7.12 Å². The van der Waals surface area contributed by atoms with E-state index in [2.05, 4.69) is 144 Å². The lowest BCUT2D eigenvalue weighted by atomic mass is 9.77. The summed E-state index contributed by atoms with van der Waals surface area (Å²) in [6.45, 7) is 22.5.